The highest BCUT2D eigenvalue weighted by Gasteiger charge is 2.13. The van der Waals surface area contributed by atoms with Gasteiger partial charge in [0.15, 0.2) is 5.82 Å². The summed E-state index contributed by atoms with van der Waals surface area (Å²) in [5, 5.41) is 16.5. The lowest BCUT2D eigenvalue weighted by molar-refractivity contribution is 0.785. The van der Waals surface area contributed by atoms with E-state index in [1.807, 2.05) is 29.5 Å². The van der Waals surface area contributed by atoms with Crippen LogP contribution in [0.2, 0.25) is 0 Å². The van der Waals surface area contributed by atoms with Gasteiger partial charge in [-0.05, 0) is 29.5 Å². The van der Waals surface area contributed by atoms with Gasteiger partial charge >= 0.3 is 0 Å². The van der Waals surface area contributed by atoms with Crippen molar-refractivity contribution in [3.05, 3.63) is 26.1 Å². The molecule has 0 bridgehead atoms. The average Bonchev–Trinajstić information content (AvgIpc) is 2.78. The lowest BCUT2D eigenvalue weighted by Gasteiger charge is -2.10. The maximum atomic E-state index is 11.3. The number of H-pyrrole nitrogens is 2. The molecule has 8 nitrogen and oxygen atoms in total. The van der Waals surface area contributed by atoms with Crippen LogP contribution in [-0.4, -0.2) is 30.6 Å². The van der Waals surface area contributed by atoms with Gasteiger partial charge in [-0.15, -0.1) is 10.2 Å². The fourth-order valence-corrected chi connectivity index (χ4v) is 1.56. The third kappa shape index (κ3) is 2.18. The lowest BCUT2D eigenvalue weighted by atomic mass is 10.3. The minimum Gasteiger partial charge on any atom is -0.359 e. The number of hydrogen-bond acceptors (Lipinski definition) is 6. The Morgan fingerprint density at radius 1 is 1.56 bits per heavy atom. The molecule has 2 aromatic rings. The van der Waals surface area contributed by atoms with Gasteiger partial charge in [-0.3, -0.25) is 4.79 Å². The van der Waals surface area contributed by atoms with Gasteiger partial charge in [0.25, 0.3) is 5.56 Å². The van der Waals surface area contributed by atoms with Crippen molar-refractivity contribution in [3.63, 3.8) is 0 Å². The van der Waals surface area contributed by atoms with Gasteiger partial charge in [0.05, 0.1) is 12.4 Å². The van der Waals surface area contributed by atoms with Gasteiger partial charge in [-0.25, -0.2) is 4.98 Å². The van der Waals surface area contributed by atoms with Crippen molar-refractivity contribution in [2.75, 3.05) is 5.32 Å². The fourth-order valence-electron chi connectivity index (χ4n) is 1.11. The second-order valence-electron chi connectivity index (χ2n) is 3.03. The van der Waals surface area contributed by atoms with E-state index in [9.17, 15) is 4.79 Å². The number of hydrogen-bond donors (Lipinski definition) is 3. The summed E-state index contributed by atoms with van der Waals surface area (Å²) >= 11 is 1.92. The molecule has 0 fully saturated rings. The monoisotopic (exact) mass is 333 g/mol. The fraction of sp³-hybridized carbons (Fsp3) is 0.286. The average molecular weight is 333 g/mol. The smallest absolute Gasteiger partial charge is 0.266 e. The van der Waals surface area contributed by atoms with Crippen molar-refractivity contribution in [3.8, 4) is 0 Å². The zero-order valence-corrected chi connectivity index (χ0v) is 10.4. The topological polar surface area (TPSA) is 112 Å². The zero-order chi connectivity index (χ0) is 11.5. The first-order chi connectivity index (χ1) is 7.68. The SMILES string of the molecule is CC(Nc1nc[nH]c(=O)c1I)c1nn[nH]n1. The molecule has 9 heteroatoms. The maximum absolute atomic E-state index is 11.3. The highest BCUT2D eigenvalue weighted by molar-refractivity contribution is 14.1. The summed E-state index contributed by atoms with van der Waals surface area (Å²) in [6.45, 7) is 1.85. The highest BCUT2D eigenvalue weighted by atomic mass is 127. The standard InChI is InChI=1S/C7H8IN7O/c1-3(5-12-14-15-13-5)11-6-4(8)7(16)10-2-9-6/h2-3H,1H3,(H2,9,10,11,16)(H,12,13,14,15). The van der Waals surface area contributed by atoms with E-state index in [2.05, 4.69) is 35.9 Å². The number of nitrogens with one attached hydrogen (secondary N) is 3. The number of anilines is 1. The molecule has 1 atom stereocenters. The maximum Gasteiger partial charge on any atom is 0.266 e. The Morgan fingerprint density at radius 2 is 2.38 bits per heavy atom. The van der Waals surface area contributed by atoms with Crippen LogP contribution in [0.1, 0.15) is 18.8 Å². The predicted molar refractivity (Wildman–Crippen MR) is 63.8 cm³/mol. The molecule has 84 valence electrons. The van der Waals surface area contributed by atoms with Gasteiger partial charge in [0.1, 0.15) is 9.39 Å². The number of tetrazole rings is 1. The van der Waals surface area contributed by atoms with Crippen LogP contribution in [0.25, 0.3) is 0 Å². The van der Waals surface area contributed by atoms with Crippen molar-refractivity contribution in [2.24, 2.45) is 0 Å². The Balaban J connectivity index is 2.21. The van der Waals surface area contributed by atoms with Gasteiger partial charge in [0, 0.05) is 0 Å². The van der Waals surface area contributed by atoms with E-state index in [0.29, 0.717) is 15.2 Å². The van der Waals surface area contributed by atoms with Crippen LogP contribution in [-0.2, 0) is 0 Å². The molecule has 2 heterocycles. The molecular formula is C7H8IN7O. The number of nitrogens with zero attached hydrogens (tertiary/aromatic N) is 4. The van der Waals surface area contributed by atoms with Crippen molar-refractivity contribution in [2.45, 2.75) is 13.0 Å². The van der Waals surface area contributed by atoms with Crippen LogP contribution in [0.4, 0.5) is 5.82 Å². The molecule has 16 heavy (non-hydrogen) atoms. The van der Waals surface area contributed by atoms with Crippen molar-refractivity contribution >= 4 is 28.4 Å². The molecule has 0 spiro atoms. The second kappa shape index (κ2) is 4.55. The van der Waals surface area contributed by atoms with Crippen molar-refractivity contribution < 1.29 is 0 Å². The third-order valence-electron chi connectivity index (χ3n) is 1.90. The quantitative estimate of drug-likeness (QED) is 0.685. The van der Waals surface area contributed by atoms with Crippen LogP contribution >= 0.6 is 22.6 Å². The molecule has 0 aliphatic rings. The van der Waals surface area contributed by atoms with Crippen LogP contribution in [0.15, 0.2) is 11.1 Å². The molecule has 0 aliphatic heterocycles. The van der Waals surface area contributed by atoms with E-state index in [4.69, 9.17) is 0 Å². The second-order valence-corrected chi connectivity index (χ2v) is 4.11. The number of halogens is 1. The van der Waals surface area contributed by atoms with E-state index in [1.165, 1.54) is 6.33 Å². The molecule has 0 amide bonds. The van der Waals surface area contributed by atoms with E-state index < -0.39 is 0 Å². The first kappa shape index (κ1) is 11.0. The molecule has 2 aromatic heterocycles. The Kier molecular flexibility index (Phi) is 3.12. The summed E-state index contributed by atoms with van der Waals surface area (Å²) in [4.78, 5) is 17.8. The Morgan fingerprint density at radius 3 is 3.06 bits per heavy atom. The molecule has 2 rings (SSSR count). The van der Waals surface area contributed by atoms with Gasteiger partial charge < -0.3 is 10.3 Å². The largest absolute Gasteiger partial charge is 0.359 e. The molecule has 1 unspecified atom stereocenters. The van der Waals surface area contributed by atoms with E-state index in [-0.39, 0.29) is 11.6 Å². The summed E-state index contributed by atoms with van der Waals surface area (Å²) < 4.78 is 0.496. The Hall–Kier alpha value is -1.52. The van der Waals surface area contributed by atoms with Crippen molar-refractivity contribution in [1.82, 2.24) is 30.6 Å². The van der Waals surface area contributed by atoms with E-state index in [0.717, 1.165) is 0 Å². The van der Waals surface area contributed by atoms with Crippen LogP contribution in [0.5, 0.6) is 0 Å². The molecule has 0 aliphatic carbocycles. The Labute approximate surface area is 103 Å². The summed E-state index contributed by atoms with van der Waals surface area (Å²) in [5.41, 5.74) is -0.182. The zero-order valence-electron chi connectivity index (χ0n) is 8.23. The Bertz CT molecular complexity index is 522. The minimum absolute atomic E-state index is 0.179. The summed E-state index contributed by atoms with van der Waals surface area (Å²) in [6.07, 6.45) is 1.34. The van der Waals surface area contributed by atoms with E-state index >= 15 is 0 Å². The van der Waals surface area contributed by atoms with Gasteiger partial charge in [-0.1, -0.05) is 5.21 Å². The van der Waals surface area contributed by atoms with Gasteiger partial charge in [-0.2, -0.15) is 5.21 Å². The molecule has 0 aromatic carbocycles. The number of rotatable bonds is 3. The molecular weight excluding hydrogens is 325 g/mol. The molecule has 0 radical (unpaired) electrons. The van der Waals surface area contributed by atoms with Crippen LogP contribution in [0.3, 0.4) is 0 Å². The summed E-state index contributed by atoms with van der Waals surface area (Å²) in [7, 11) is 0. The van der Waals surface area contributed by atoms with Crippen molar-refractivity contribution in [1.29, 1.82) is 0 Å². The summed E-state index contributed by atoms with van der Waals surface area (Å²) in [6, 6.07) is -0.179. The minimum atomic E-state index is -0.182. The van der Waals surface area contributed by atoms with Crippen LogP contribution in [0, 0.1) is 3.57 Å². The van der Waals surface area contributed by atoms with Crippen LogP contribution < -0.4 is 10.9 Å². The molecule has 0 saturated heterocycles. The first-order valence-corrected chi connectivity index (χ1v) is 5.49. The number of aromatic amines is 2. The lowest BCUT2D eigenvalue weighted by Crippen LogP contribution is -2.17. The van der Waals surface area contributed by atoms with Gasteiger partial charge in [0.2, 0.25) is 0 Å². The molecule has 3 N–H and O–H groups in total. The summed E-state index contributed by atoms with van der Waals surface area (Å²) in [5.74, 6) is 1.01. The van der Waals surface area contributed by atoms with E-state index in [1.54, 1.807) is 0 Å². The normalized spacial score (nSPS) is 12.4. The predicted octanol–water partition coefficient (Wildman–Crippen LogP) is 0.0607. The third-order valence-corrected chi connectivity index (χ3v) is 2.90. The first-order valence-electron chi connectivity index (χ1n) is 4.41. The molecule has 0 saturated carbocycles. The number of aromatic nitrogens is 6. The highest BCUT2D eigenvalue weighted by Crippen LogP contribution is 2.15.